The summed E-state index contributed by atoms with van der Waals surface area (Å²) in [5.41, 5.74) is 0.0958. The van der Waals surface area contributed by atoms with Crippen LogP contribution in [0.3, 0.4) is 0 Å². The normalized spacial score (nSPS) is 13.4. The van der Waals surface area contributed by atoms with E-state index in [1.54, 1.807) is 0 Å². The molecule has 0 saturated heterocycles. The van der Waals surface area contributed by atoms with Crippen LogP contribution in [0.4, 0.5) is 10.1 Å². The van der Waals surface area contributed by atoms with Gasteiger partial charge in [0.15, 0.2) is 9.84 Å². The third-order valence-electron chi connectivity index (χ3n) is 2.13. The maximum absolute atomic E-state index is 13.7. The van der Waals surface area contributed by atoms with Gasteiger partial charge in [0.2, 0.25) is 0 Å². The van der Waals surface area contributed by atoms with Gasteiger partial charge in [0.25, 0.3) is 0 Å². The molecule has 0 aliphatic carbocycles. The number of hydrogen-bond acceptors (Lipinski definition) is 4. The molecule has 102 valence electrons. The zero-order valence-electron chi connectivity index (χ0n) is 9.45. The van der Waals surface area contributed by atoms with Gasteiger partial charge >= 0.3 is 0 Å². The lowest BCUT2D eigenvalue weighted by atomic mass is 10.3. The van der Waals surface area contributed by atoms with E-state index in [4.69, 9.17) is 11.6 Å². The van der Waals surface area contributed by atoms with Gasteiger partial charge in [0.1, 0.15) is 5.82 Å². The van der Waals surface area contributed by atoms with E-state index in [1.165, 1.54) is 6.07 Å². The van der Waals surface area contributed by atoms with Crippen molar-refractivity contribution in [1.82, 2.24) is 0 Å². The van der Waals surface area contributed by atoms with Crippen molar-refractivity contribution >= 4 is 43.1 Å². The van der Waals surface area contributed by atoms with Crippen molar-refractivity contribution in [3.63, 3.8) is 0 Å². The first-order chi connectivity index (χ1) is 8.25. The summed E-state index contributed by atoms with van der Waals surface area (Å²) in [7, 11) is -3.49. The number of halogens is 3. The monoisotopic (exact) mass is 359 g/mol. The minimum Gasteiger partial charge on any atom is -0.390 e. The fourth-order valence-electron chi connectivity index (χ4n) is 1.23. The first-order valence-electron chi connectivity index (χ1n) is 4.92. The SMILES string of the molecule is CS(=O)(=O)c1cc(F)c(NCC(O)CCl)cc1Br. The molecule has 2 N–H and O–H groups in total. The van der Waals surface area contributed by atoms with Gasteiger partial charge in [-0.3, -0.25) is 0 Å². The van der Waals surface area contributed by atoms with Crippen LogP contribution < -0.4 is 5.32 Å². The third-order valence-corrected chi connectivity index (χ3v) is 4.54. The van der Waals surface area contributed by atoms with Crippen molar-refractivity contribution in [3.05, 3.63) is 22.4 Å². The Balaban J connectivity index is 3.01. The highest BCUT2D eigenvalue weighted by Crippen LogP contribution is 2.28. The lowest BCUT2D eigenvalue weighted by Gasteiger charge is -2.12. The van der Waals surface area contributed by atoms with Crippen molar-refractivity contribution < 1.29 is 17.9 Å². The van der Waals surface area contributed by atoms with E-state index in [9.17, 15) is 17.9 Å². The first kappa shape index (κ1) is 15.7. The van der Waals surface area contributed by atoms with Gasteiger partial charge in [0, 0.05) is 17.3 Å². The average molecular weight is 361 g/mol. The van der Waals surface area contributed by atoms with Crippen molar-refractivity contribution in [1.29, 1.82) is 0 Å². The molecule has 0 saturated carbocycles. The molecule has 18 heavy (non-hydrogen) atoms. The Kier molecular flexibility index (Phi) is 5.39. The van der Waals surface area contributed by atoms with E-state index in [-0.39, 0.29) is 27.5 Å². The molecule has 0 amide bonds. The lowest BCUT2D eigenvalue weighted by molar-refractivity contribution is 0.211. The maximum Gasteiger partial charge on any atom is 0.176 e. The standard InChI is InChI=1S/C10H12BrClFNO3S/c1-18(16,17)10-3-8(13)9(2-7(10)11)14-5-6(15)4-12/h2-3,6,14-15H,4-5H2,1H3. The Morgan fingerprint density at radius 1 is 1.56 bits per heavy atom. The quantitative estimate of drug-likeness (QED) is 0.788. The predicted molar refractivity (Wildman–Crippen MR) is 72.4 cm³/mol. The summed E-state index contributed by atoms with van der Waals surface area (Å²) in [5.74, 6) is -0.683. The summed E-state index contributed by atoms with van der Waals surface area (Å²) in [6, 6.07) is 2.24. The number of alkyl halides is 1. The fraction of sp³-hybridized carbons (Fsp3) is 0.400. The molecule has 1 aromatic rings. The molecule has 0 heterocycles. The van der Waals surface area contributed by atoms with E-state index in [1.807, 2.05) is 0 Å². The molecule has 1 atom stereocenters. The Hall–Kier alpha value is -0.370. The molecule has 4 nitrogen and oxygen atoms in total. The molecular formula is C10H12BrClFNO3S. The molecule has 0 fully saturated rings. The molecule has 0 aliphatic rings. The van der Waals surface area contributed by atoms with Crippen molar-refractivity contribution in [3.8, 4) is 0 Å². The number of anilines is 1. The number of benzene rings is 1. The highest BCUT2D eigenvalue weighted by atomic mass is 79.9. The molecule has 0 bridgehead atoms. The summed E-state index contributed by atoms with van der Waals surface area (Å²) in [6.07, 6.45) is 0.191. The van der Waals surface area contributed by atoms with E-state index >= 15 is 0 Å². The van der Waals surface area contributed by atoms with Crippen LogP contribution in [0.25, 0.3) is 0 Å². The Bertz CT molecular complexity index is 538. The molecule has 1 unspecified atom stereocenters. The molecular weight excluding hydrogens is 349 g/mol. The average Bonchev–Trinajstić information content (AvgIpc) is 2.27. The van der Waals surface area contributed by atoms with Gasteiger partial charge in [-0.25, -0.2) is 12.8 Å². The Morgan fingerprint density at radius 2 is 2.17 bits per heavy atom. The second-order valence-corrected chi connectivity index (χ2v) is 6.87. The molecule has 1 aromatic carbocycles. The van der Waals surface area contributed by atoms with E-state index in [2.05, 4.69) is 21.2 Å². The summed E-state index contributed by atoms with van der Waals surface area (Å²) < 4.78 is 36.6. The molecule has 8 heteroatoms. The van der Waals surface area contributed by atoms with Gasteiger partial charge in [0.05, 0.1) is 22.6 Å². The van der Waals surface area contributed by atoms with Crippen LogP contribution in [0.15, 0.2) is 21.5 Å². The van der Waals surface area contributed by atoms with Crippen molar-refractivity contribution in [2.45, 2.75) is 11.0 Å². The second-order valence-electron chi connectivity index (χ2n) is 3.72. The van der Waals surface area contributed by atoms with Crippen LogP contribution in [0.2, 0.25) is 0 Å². The van der Waals surface area contributed by atoms with Crippen LogP contribution in [0.5, 0.6) is 0 Å². The van der Waals surface area contributed by atoms with Crippen LogP contribution in [-0.4, -0.2) is 38.3 Å². The van der Waals surface area contributed by atoms with E-state index < -0.39 is 21.8 Å². The highest BCUT2D eigenvalue weighted by molar-refractivity contribution is 9.10. The van der Waals surface area contributed by atoms with Crippen molar-refractivity contribution in [2.75, 3.05) is 24.0 Å². The summed E-state index contributed by atoms with van der Waals surface area (Å²) >= 11 is 8.47. The molecule has 0 spiro atoms. The fourth-order valence-corrected chi connectivity index (χ4v) is 3.30. The maximum atomic E-state index is 13.7. The van der Waals surface area contributed by atoms with Gasteiger partial charge in [-0.15, -0.1) is 11.6 Å². The van der Waals surface area contributed by atoms with Gasteiger partial charge in [-0.2, -0.15) is 0 Å². The van der Waals surface area contributed by atoms with Crippen LogP contribution in [-0.2, 0) is 9.84 Å². The molecule has 1 rings (SSSR count). The number of rotatable bonds is 5. The number of aliphatic hydroxyl groups is 1. The lowest BCUT2D eigenvalue weighted by Crippen LogP contribution is -2.21. The van der Waals surface area contributed by atoms with E-state index in [0.29, 0.717) is 0 Å². The number of sulfone groups is 1. The first-order valence-corrected chi connectivity index (χ1v) is 8.14. The van der Waals surface area contributed by atoms with Crippen LogP contribution in [0.1, 0.15) is 0 Å². The number of aliphatic hydroxyl groups excluding tert-OH is 1. The Labute approximate surface area is 118 Å². The van der Waals surface area contributed by atoms with Gasteiger partial charge < -0.3 is 10.4 Å². The van der Waals surface area contributed by atoms with Gasteiger partial charge in [-0.1, -0.05) is 0 Å². The molecule has 0 aromatic heterocycles. The summed E-state index contributed by atoms with van der Waals surface area (Å²) in [5, 5.41) is 11.9. The second kappa shape index (κ2) is 6.18. The van der Waals surface area contributed by atoms with Crippen molar-refractivity contribution in [2.24, 2.45) is 0 Å². The number of hydrogen-bond donors (Lipinski definition) is 2. The van der Waals surface area contributed by atoms with Crippen LogP contribution in [0, 0.1) is 5.82 Å². The summed E-state index contributed by atoms with van der Waals surface area (Å²) in [4.78, 5) is -0.122. The minimum absolute atomic E-state index is 0.0250. The van der Waals surface area contributed by atoms with E-state index in [0.717, 1.165) is 12.3 Å². The molecule has 0 radical (unpaired) electrons. The smallest absolute Gasteiger partial charge is 0.176 e. The largest absolute Gasteiger partial charge is 0.390 e. The third kappa shape index (κ3) is 4.08. The highest BCUT2D eigenvalue weighted by Gasteiger charge is 2.16. The van der Waals surface area contributed by atoms with Gasteiger partial charge in [-0.05, 0) is 28.1 Å². The minimum atomic E-state index is -3.49. The number of nitrogens with one attached hydrogen (secondary N) is 1. The van der Waals surface area contributed by atoms with Crippen LogP contribution >= 0.6 is 27.5 Å². The Morgan fingerprint density at radius 3 is 2.67 bits per heavy atom. The molecule has 0 aliphatic heterocycles. The summed E-state index contributed by atoms with van der Waals surface area (Å²) in [6.45, 7) is 0.0745. The zero-order chi connectivity index (χ0) is 13.9. The predicted octanol–water partition coefficient (Wildman–Crippen LogP) is 2.00. The topological polar surface area (TPSA) is 66.4 Å². The zero-order valence-corrected chi connectivity index (χ0v) is 12.6.